The van der Waals surface area contributed by atoms with Crippen molar-refractivity contribution in [1.82, 2.24) is 10.6 Å². The van der Waals surface area contributed by atoms with E-state index < -0.39 is 0 Å². The van der Waals surface area contributed by atoms with Gasteiger partial charge >= 0.3 is 0 Å². The van der Waals surface area contributed by atoms with Crippen LogP contribution in [-0.2, 0) is 4.79 Å². The van der Waals surface area contributed by atoms with Gasteiger partial charge < -0.3 is 15.5 Å². The van der Waals surface area contributed by atoms with E-state index in [0.717, 1.165) is 38.2 Å². The molecule has 1 aromatic rings. The zero-order valence-electron chi connectivity index (χ0n) is 13.2. The Balaban J connectivity index is 0.00000192. The van der Waals surface area contributed by atoms with E-state index in [-0.39, 0.29) is 24.2 Å². The quantitative estimate of drug-likeness (QED) is 0.883. The predicted octanol–water partition coefficient (Wildman–Crippen LogP) is 1.96. The van der Waals surface area contributed by atoms with Gasteiger partial charge in [0, 0.05) is 30.8 Å². The van der Waals surface area contributed by atoms with Crippen molar-refractivity contribution in [3.8, 4) is 0 Å². The first-order valence-electron chi connectivity index (χ1n) is 8.13. The molecule has 1 unspecified atom stereocenters. The van der Waals surface area contributed by atoms with Crippen LogP contribution in [0.3, 0.4) is 0 Å². The van der Waals surface area contributed by atoms with Crippen LogP contribution in [0.5, 0.6) is 0 Å². The molecule has 0 spiro atoms. The number of carbonyl (C=O) groups is 2. The largest absolute Gasteiger partial charge is 0.352 e. The zero-order valence-corrected chi connectivity index (χ0v) is 14.0. The second kappa shape index (κ2) is 8.31. The van der Waals surface area contributed by atoms with Gasteiger partial charge in [-0.15, -0.1) is 12.4 Å². The molecule has 2 amide bonds. The van der Waals surface area contributed by atoms with E-state index >= 15 is 0 Å². The molecule has 126 valence electrons. The maximum Gasteiger partial charge on any atom is 0.251 e. The van der Waals surface area contributed by atoms with E-state index in [0.29, 0.717) is 24.4 Å². The summed E-state index contributed by atoms with van der Waals surface area (Å²) in [5.74, 6) is 0.603. The van der Waals surface area contributed by atoms with Crippen molar-refractivity contribution in [3.63, 3.8) is 0 Å². The first-order valence-corrected chi connectivity index (χ1v) is 8.13. The van der Waals surface area contributed by atoms with Gasteiger partial charge in [0.15, 0.2) is 0 Å². The highest BCUT2D eigenvalue weighted by atomic mass is 35.5. The summed E-state index contributed by atoms with van der Waals surface area (Å²) in [5.41, 5.74) is 1.45. The summed E-state index contributed by atoms with van der Waals surface area (Å²) in [6.07, 6.45) is 3.83. The predicted molar refractivity (Wildman–Crippen MR) is 93.2 cm³/mol. The van der Waals surface area contributed by atoms with Gasteiger partial charge in [0.25, 0.3) is 5.91 Å². The van der Waals surface area contributed by atoms with E-state index in [1.54, 1.807) is 11.0 Å². The number of hydrogen-bond acceptors (Lipinski definition) is 3. The first-order chi connectivity index (χ1) is 10.7. The minimum atomic E-state index is -0.0564. The summed E-state index contributed by atoms with van der Waals surface area (Å²) in [7, 11) is 0. The lowest BCUT2D eigenvalue weighted by Crippen LogP contribution is -2.38. The van der Waals surface area contributed by atoms with Gasteiger partial charge in [0.1, 0.15) is 0 Å². The van der Waals surface area contributed by atoms with Gasteiger partial charge in [0.2, 0.25) is 5.91 Å². The molecule has 2 heterocycles. The van der Waals surface area contributed by atoms with Crippen LogP contribution in [0, 0.1) is 5.92 Å². The van der Waals surface area contributed by atoms with E-state index in [1.807, 2.05) is 18.2 Å². The van der Waals surface area contributed by atoms with Crippen molar-refractivity contribution in [2.45, 2.75) is 25.7 Å². The molecule has 5 nitrogen and oxygen atoms in total. The molecule has 6 heteroatoms. The normalized spacial score (nSPS) is 21.0. The van der Waals surface area contributed by atoms with Crippen molar-refractivity contribution in [3.05, 3.63) is 29.8 Å². The summed E-state index contributed by atoms with van der Waals surface area (Å²) in [6.45, 7) is 3.51. The molecule has 2 N–H and O–H groups in total. The third-order valence-corrected chi connectivity index (χ3v) is 4.44. The number of rotatable bonds is 4. The van der Waals surface area contributed by atoms with Crippen LogP contribution in [-0.4, -0.2) is 38.0 Å². The number of anilines is 1. The molecular formula is C17H24ClN3O2. The van der Waals surface area contributed by atoms with Gasteiger partial charge in [-0.05, 0) is 56.5 Å². The Bertz CT molecular complexity index is 559. The summed E-state index contributed by atoms with van der Waals surface area (Å²) < 4.78 is 0. The molecule has 2 fully saturated rings. The average Bonchev–Trinajstić information content (AvgIpc) is 3.00. The summed E-state index contributed by atoms with van der Waals surface area (Å²) >= 11 is 0. The number of amides is 2. The molecule has 0 aliphatic carbocycles. The molecule has 23 heavy (non-hydrogen) atoms. The fraction of sp³-hybridized carbons (Fsp3) is 0.529. The molecular weight excluding hydrogens is 314 g/mol. The van der Waals surface area contributed by atoms with E-state index in [2.05, 4.69) is 10.6 Å². The van der Waals surface area contributed by atoms with Gasteiger partial charge in [-0.3, -0.25) is 9.59 Å². The molecule has 0 radical (unpaired) electrons. The number of nitrogens with one attached hydrogen (secondary N) is 2. The summed E-state index contributed by atoms with van der Waals surface area (Å²) in [4.78, 5) is 25.9. The number of piperidine rings is 1. The number of carbonyl (C=O) groups excluding carboxylic acids is 2. The average molecular weight is 338 g/mol. The highest BCUT2D eigenvalue weighted by Gasteiger charge is 2.22. The highest BCUT2D eigenvalue weighted by molar-refractivity contribution is 5.99. The molecule has 1 atom stereocenters. The SMILES string of the molecule is Cl.O=C(NCC1CCCNC1)c1cccc(N2CCCC2=O)c1. The molecule has 2 aliphatic heterocycles. The van der Waals surface area contributed by atoms with Crippen molar-refractivity contribution < 1.29 is 9.59 Å². The topological polar surface area (TPSA) is 61.4 Å². The van der Waals surface area contributed by atoms with Gasteiger partial charge in [0.05, 0.1) is 0 Å². The fourth-order valence-corrected chi connectivity index (χ4v) is 3.17. The maximum absolute atomic E-state index is 12.3. The van der Waals surface area contributed by atoms with E-state index in [9.17, 15) is 9.59 Å². The summed E-state index contributed by atoms with van der Waals surface area (Å²) in [5, 5.41) is 6.37. The Labute approximate surface area is 143 Å². The Morgan fingerprint density at radius 1 is 1.35 bits per heavy atom. The van der Waals surface area contributed by atoms with Gasteiger partial charge in [-0.1, -0.05) is 6.07 Å². The maximum atomic E-state index is 12.3. The van der Waals surface area contributed by atoms with E-state index in [4.69, 9.17) is 0 Å². The van der Waals surface area contributed by atoms with Crippen LogP contribution in [0.25, 0.3) is 0 Å². The van der Waals surface area contributed by atoms with Gasteiger partial charge in [-0.2, -0.15) is 0 Å². The zero-order chi connectivity index (χ0) is 15.4. The van der Waals surface area contributed by atoms with Crippen LogP contribution in [0.2, 0.25) is 0 Å². The molecule has 0 saturated carbocycles. The third-order valence-electron chi connectivity index (χ3n) is 4.44. The molecule has 0 aromatic heterocycles. The number of halogens is 1. The lowest BCUT2D eigenvalue weighted by atomic mass is 9.99. The van der Waals surface area contributed by atoms with Crippen molar-refractivity contribution >= 4 is 29.9 Å². The molecule has 3 rings (SSSR count). The molecule has 1 aromatic carbocycles. The smallest absolute Gasteiger partial charge is 0.251 e. The minimum Gasteiger partial charge on any atom is -0.352 e. The van der Waals surface area contributed by atoms with Crippen LogP contribution in [0.4, 0.5) is 5.69 Å². The monoisotopic (exact) mass is 337 g/mol. The van der Waals surface area contributed by atoms with Crippen LogP contribution in [0.15, 0.2) is 24.3 Å². The third kappa shape index (κ3) is 4.45. The second-order valence-corrected chi connectivity index (χ2v) is 6.12. The fourth-order valence-electron chi connectivity index (χ4n) is 3.17. The van der Waals surface area contributed by atoms with Crippen molar-refractivity contribution in [2.24, 2.45) is 5.92 Å². The second-order valence-electron chi connectivity index (χ2n) is 6.12. The molecule has 0 bridgehead atoms. The standard InChI is InChI=1S/C17H23N3O2.ClH/c21-16-7-3-9-20(16)15-6-1-5-14(10-15)17(22)19-12-13-4-2-8-18-11-13;/h1,5-6,10,13,18H,2-4,7-9,11-12H2,(H,19,22);1H. The van der Waals surface area contributed by atoms with Crippen LogP contribution in [0.1, 0.15) is 36.0 Å². The molecule has 2 aliphatic rings. The lowest BCUT2D eigenvalue weighted by molar-refractivity contribution is -0.117. The van der Waals surface area contributed by atoms with E-state index in [1.165, 1.54) is 6.42 Å². The Morgan fingerprint density at radius 3 is 2.91 bits per heavy atom. The minimum absolute atomic E-state index is 0. The summed E-state index contributed by atoms with van der Waals surface area (Å²) in [6, 6.07) is 7.36. The van der Waals surface area contributed by atoms with Crippen molar-refractivity contribution in [1.29, 1.82) is 0 Å². The highest BCUT2D eigenvalue weighted by Crippen LogP contribution is 2.22. The lowest BCUT2D eigenvalue weighted by Gasteiger charge is -2.23. The van der Waals surface area contributed by atoms with Crippen LogP contribution < -0.4 is 15.5 Å². The molecule has 2 saturated heterocycles. The number of hydrogen-bond donors (Lipinski definition) is 2. The van der Waals surface area contributed by atoms with Crippen LogP contribution >= 0.6 is 12.4 Å². The number of nitrogens with zero attached hydrogens (tertiary/aromatic N) is 1. The Hall–Kier alpha value is -1.59. The van der Waals surface area contributed by atoms with Gasteiger partial charge in [-0.25, -0.2) is 0 Å². The Morgan fingerprint density at radius 2 is 2.22 bits per heavy atom. The first kappa shape index (κ1) is 17.8. The Kier molecular flexibility index (Phi) is 6.42. The number of benzene rings is 1. The van der Waals surface area contributed by atoms with Crippen molar-refractivity contribution in [2.75, 3.05) is 31.1 Å².